The van der Waals surface area contributed by atoms with Crippen molar-refractivity contribution in [1.82, 2.24) is 0 Å². The van der Waals surface area contributed by atoms with Crippen LogP contribution in [0.25, 0.3) is 0 Å². The number of rotatable bonds is 0. The first-order valence-electron chi connectivity index (χ1n) is 2.52. The Kier molecular flexibility index (Phi) is 2.58. The van der Waals surface area contributed by atoms with Crippen molar-refractivity contribution in [1.29, 1.82) is 0 Å². The van der Waals surface area contributed by atoms with Crippen LogP contribution in [0.15, 0.2) is 6.07 Å². The lowest BCUT2D eigenvalue weighted by Crippen LogP contribution is -1.85. The largest absolute Gasteiger partial charge is 0.205 e. The average molecular weight is 217 g/mol. The second-order valence-electron chi connectivity index (χ2n) is 1.78. The number of halogens is 5. The summed E-state index contributed by atoms with van der Waals surface area (Å²) in [6.45, 7) is 0. The second kappa shape index (κ2) is 3.13. The molecule has 1 aromatic carbocycles. The van der Waals surface area contributed by atoms with E-state index in [1.165, 1.54) is 0 Å². The molecule has 1 aromatic rings. The quantitative estimate of drug-likeness (QED) is 0.456. The fourth-order valence-corrected chi connectivity index (χ4v) is 1.11. The van der Waals surface area contributed by atoms with E-state index in [1.54, 1.807) is 0 Å². The third-order valence-electron chi connectivity index (χ3n) is 1.06. The SMILES string of the molecule is Fc1cc(Cl)c(F)c(Cl)c1Cl. The van der Waals surface area contributed by atoms with Crippen LogP contribution in [0, 0.1) is 11.6 Å². The van der Waals surface area contributed by atoms with Crippen LogP contribution in [0.4, 0.5) is 8.78 Å². The van der Waals surface area contributed by atoms with Crippen LogP contribution in [-0.4, -0.2) is 0 Å². The molecule has 0 aliphatic rings. The highest BCUT2D eigenvalue weighted by molar-refractivity contribution is 6.43. The molecule has 0 atom stereocenters. The molecule has 0 nitrogen and oxygen atoms in total. The molecule has 0 saturated carbocycles. The number of hydrogen-bond acceptors (Lipinski definition) is 0. The summed E-state index contributed by atoms with van der Waals surface area (Å²) >= 11 is 15.7. The molecule has 0 bridgehead atoms. The topological polar surface area (TPSA) is 0 Å². The van der Waals surface area contributed by atoms with Gasteiger partial charge in [-0.2, -0.15) is 0 Å². The van der Waals surface area contributed by atoms with Gasteiger partial charge in [-0.3, -0.25) is 0 Å². The monoisotopic (exact) mass is 216 g/mol. The zero-order valence-corrected chi connectivity index (χ0v) is 7.23. The van der Waals surface area contributed by atoms with E-state index in [9.17, 15) is 8.78 Å². The first kappa shape index (κ1) is 9.04. The van der Waals surface area contributed by atoms with Crippen molar-refractivity contribution >= 4 is 34.8 Å². The van der Waals surface area contributed by atoms with Gasteiger partial charge in [0.15, 0.2) is 5.82 Å². The molecule has 0 radical (unpaired) electrons. The number of hydrogen-bond donors (Lipinski definition) is 0. The normalized spacial score (nSPS) is 10.3. The van der Waals surface area contributed by atoms with Gasteiger partial charge in [-0.05, 0) is 6.07 Å². The van der Waals surface area contributed by atoms with Crippen molar-refractivity contribution in [3.63, 3.8) is 0 Å². The Hall–Kier alpha value is -0.0500. The zero-order valence-electron chi connectivity index (χ0n) is 4.97. The first-order chi connectivity index (χ1) is 5.04. The predicted molar refractivity (Wildman–Crippen MR) is 41.4 cm³/mol. The Morgan fingerprint density at radius 2 is 1.55 bits per heavy atom. The third kappa shape index (κ3) is 1.58. The van der Waals surface area contributed by atoms with Crippen LogP contribution in [-0.2, 0) is 0 Å². The summed E-state index contributed by atoms with van der Waals surface area (Å²) in [4.78, 5) is 0. The maximum atomic E-state index is 12.7. The molecule has 60 valence electrons. The van der Waals surface area contributed by atoms with Gasteiger partial charge in [-0.25, -0.2) is 8.78 Å². The average Bonchev–Trinajstić information content (AvgIpc) is 1.97. The van der Waals surface area contributed by atoms with E-state index in [0.29, 0.717) is 0 Å². The minimum Gasteiger partial charge on any atom is -0.205 e. The van der Waals surface area contributed by atoms with Crippen molar-refractivity contribution in [3.05, 3.63) is 32.8 Å². The minimum atomic E-state index is -0.903. The second-order valence-corrected chi connectivity index (χ2v) is 2.95. The molecule has 0 aliphatic heterocycles. The van der Waals surface area contributed by atoms with Crippen LogP contribution in [0.2, 0.25) is 15.1 Å². The van der Waals surface area contributed by atoms with Crippen molar-refractivity contribution in [3.8, 4) is 0 Å². The van der Waals surface area contributed by atoms with Crippen molar-refractivity contribution in [2.45, 2.75) is 0 Å². The first-order valence-corrected chi connectivity index (χ1v) is 3.66. The summed E-state index contributed by atoms with van der Waals surface area (Å²) < 4.78 is 25.2. The van der Waals surface area contributed by atoms with Gasteiger partial charge in [-0.1, -0.05) is 34.8 Å². The standard InChI is InChI=1S/C6HCl3F2/c7-2-1-3(10)4(8)5(9)6(2)11/h1H. The van der Waals surface area contributed by atoms with Gasteiger partial charge in [-0.15, -0.1) is 0 Å². The smallest absolute Gasteiger partial charge is 0.162 e. The lowest BCUT2D eigenvalue weighted by atomic mass is 10.3. The van der Waals surface area contributed by atoms with Crippen LogP contribution >= 0.6 is 34.8 Å². The number of benzene rings is 1. The molecule has 0 aliphatic carbocycles. The van der Waals surface area contributed by atoms with E-state index < -0.39 is 21.7 Å². The highest BCUT2D eigenvalue weighted by atomic mass is 35.5. The Bertz CT molecular complexity index is 272. The van der Waals surface area contributed by atoms with Crippen LogP contribution in [0.3, 0.4) is 0 Å². The summed E-state index contributed by atoms with van der Waals surface area (Å²) in [7, 11) is 0. The van der Waals surface area contributed by atoms with E-state index in [1.807, 2.05) is 0 Å². The van der Waals surface area contributed by atoms with E-state index >= 15 is 0 Å². The van der Waals surface area contributed by atoms with Crippen LogP contribution < -0.4 is 0 Å². The van der Waals surface area contributed by atoms with E-state index in [0.717, 1.165) is 6.07 Å². The maximum Gasteiger partial charge on any atom is 0.162 e. The zero-order chi connectivity index (χ0) is 8.59. The molecule has 0 heterocycles. The molecule has 1 rings (SSSR count). The van der Waals surface area contributed by atoms with Gasteiger partial charge >= 0.3 is 0 Å². The summed E-state index contributed by atoms with van der Waals surface area (Å²) in [5, 5.41) is -1.32. The molecule has 5 heteroatoms. The summed E-state index contributed by atoms with van der Waals surface area (Å²) in [6, 6.07) is 0.769. The summed E-state index contributed by atoms with van der Waals surface area (Å²) in [6.07, 6.45) is 0. The molecule has 11 heavy (non-hydrogen) atoms. The van der Waals surface area contributed by atoms with Crippen LogP contribution in [0.5, 0.6) is 0 Å². The molecule has 0 spiro atoms. The fourth-order valence-electron chi connectivity index (χ4n) is 0.544. The Morgan fingerprint density at radius 3 is 2.09 bits per heavy atom. The lowest BCUT2D eigenvalue weighted by Gasteiger charge is -2.00. The summed E-state index contributed by atoms with van der Waals surface area (Å²) in [5.74, 6) is -1.73. The molecular weight excluding hydrogens is 216 g/mol. The molecule has 0 saturated heterocycles. The maximum absolute atomic E-state index is 12.7. The molecule has 0 amide bonds. The van der Waals surface area contributed by atoms with Crippen molar-refractivity contribution in [2.75, 3.05) is 0 Å². The van der Waals surface area contributed by atoms with Crippen molar-refractivity contribution in [2.24, 2.45) is 0 Å². The van der Waals surface area contributed by atoms with E-state index in [-0.39, 0.29) is 5.02 Å². The van der Waals surface area contributed by atoms with Gasteiger partial charge < -0.3 is 0 Å². The Morgan fingerprint density at radius 1 is 1.00 bits per heavy atom. The molecule has 0 aromatic heterocycles. The molecule has 0 N–H and O–H groups in total. The van der Waals surface area contributed by atoms with Crippen molar-refractivity contribution < 1.29 is 8.78 Å². The van der Waals surface area contributed by atoms with Gasteiger partial charge in [0.1, 0.15) is 5.82 Å². The van der Waals surface area contributed by atoms with Crippen LogP contribution in [0.1, 0.15) is 0 Å². The minimum absolute atomic E-state index is 0.378. The molecule has 0 fully saturated rings. The third-order valence-corrected chi connectivity index (χ3v) is 2.15. The van der Waals surface area contributed by atoms with Gasteiger partial charge in [0.2, 0.25) is 0 Å². The van der Waals surface area contributed by atoms with Gasteiger partial charge in [0.05, 0.1) is 15.1 Å². The molecular formula is C6HCl3F2. The van der Waals surface area contributed by atoms with E-state index in [2.05, 4.69) is 0 Å². The van der Waals surface area contributed by atoms with Gasteiger partial charge in [0, 0.05) is 0 Å². The summed E-state index contributed by atoms with van der Waals surface area (Å²) in [5.41, 5.74) is 0. The van der Waals surface area contributed by atoms with Gasteiger partial charge in [0.25, 0.3) is 0 Å². The predicted octanol–water partition coefficient (Wildman–Crippen LogP) is 3.92. The van der Waals surface area contributed by atoms with E-state index in [4.69, 9.17) is 34.8 Å². The lowest BCUT2D eigenvalue weighted by molar-refractivity contribution is 0.601. The molecule has 0 unspecified atom stereocenters. The Labute approximate surface area is 76.7 Å². The fraction of sp³-hybridized carbons (Fsp3) is 0. The highest BCUT2D eigenvalue weighted by Crippen LogP contribution is 2.32. The Balaban J connectivity index is 3.46. The highest BCUT2D eigenvalue weighted by Gasteiger charge is 2.13.